The monoisotopic (exact) mass is 517 g/mol. The number of aromatic nitrogens is 2. The van der Waals surface area contributed by atoms with E-state index in [0.29, 0.717) is 18.8 Å². The highest BCUT2D eigenvalue weighted by Crippen LogP contribution is 2.39. The fraction of sp³-hybridized carbons (Fsp3) is 0.161. The molecule has 0 atom stereocenters. The Morgan fingerprint density at radius 2 is 1.36 bits per heavy atom. The average molecular weight is 518 g/mol. The average Bonchev–Trinajstić information content (AvgIpc) is 2.99. The third-order valence-electron chi connectivity index (χ3n) is 7.12. The minimum Gasteiger partial charge on any atom is -0.433 e. The molecule has 1 aliphatic heterocycles. The summed E-state index contributed by atoms with van der Waals surface area (Å²) in [5.74, 6) is 0.732. The third-order valence-corrected chi connectivity index (χ3v) is 7.12. The van der Waals surface area contributed by atoms with Crippen molar-refractivity contribution < 1.29 is 9.66 Å². The second kappa shape index (κ2) is 10.9. The smallest absolute Gasteiger partial charge is 0.373 e. The molecular weight excluding hydrogens is 490 g/mol. The number of nitrogens with zero attached hydrogens (tertiary/aromatic N) is 5. The maximum Gasteiger partial charge on any atom is 0.373 e. The van der Waals surface area contributed by atoms with Gasteiger partial charge in [-0.3, -0.25) is 15.0 Å². The van der Waals surface area contributed by atoms with E-state index in [0.717, 1.165) is 23.9 Å². The van der Waals surface area contributed by atoms with Gasteiger partial charge in [-0.25, -0.2) is 4.98 Å². The molecule has 39 heavy (non-hydrogen) atoms. The van der Waals surface area contributed by atoms with Gasteiger partial charge in [-0.2, -0.15) is 4.98 Å². The van der Waals surface area contributed by atoms with Gasteiger partial charge in [-0.15, -0.1) is 0 Å². The number of hydrogen-bond donors (Lipinski definition) is 0. The standard InChI is InChI=1S/C31H27N5O3/c37-36(38)29-30(32-22-33-31(29)39-27-17-9-15-23-10-7-8-16-26(23)27)35-20-18-34(19-21-35)28(24-11-3-1-4-12-24)25-13-5-2-6-14-25/h1-17,22,28H,18-21H2. The van der Waals surface area contributed by atoms with Crippen LogP contribution in [0, 0.1) is 10.1 Å². The lowest BCUT2D eigenvalue weighted by Crippen LogP contribution is -2.48. The number of anilines is 1. The van der Waals surface area contributed by atoms with Gasteiger partial charge < -0.3 is 9.64 Å². The first-order chi connectivity index (χ1) is 19.2. The molecule has 1 saturated heterocycles. The van der Waals surface area contributed by atoms with Crippen LogP contribution in [0.25, 0.3) is 10.8 Å². The molecule has 0 aliphatic carbocycles. The summed E-state index contributed by atoms with van der Waals surface area (Å²) in [6.07, 6.45) is 1.34. The maximum absolute atomic E-state index is 12.3. The number of rotatable bonds is 7. The Labute approximate surface area is 226 Å². The first-order valence-corrected chi connectivity index (χ1v) is 12.9. The molecule has 5 aromatic rings. The summed E-state index contributed by atoms with van der Waals surface area (Å²) in [7, 11) is 0. The predicted octanol–water partition coefficient (Wildman–Crippen LogP) is 6.24. The molecule has 1 fully saturated rings. The minimum absolute atomic E-state index is 0.0600. The van der Waals surface area contributed by atoms with E-state index in [1.165, 1.54) is 17.5 Å². The molecule has 6 rings (SSSR count). The van der Waals surface area contributed by atoms with Gasteiger partial charge in [-0.05, 0) is 22.6 Å². The van der Waals surface area contributed by atoms with E-state index >= 15 is 0 Å². The van der Waals surface area contributed by atoms with Crippen molar-refractivity contribution in [3.05, 3.63) is 131 Å². The number of benzene rings is 4. The molecule has 0 unspecified atom stereocenters. The van der Waals surface area contributed by atoms with Gasteiger partial charge in [0.2, 0.25) is 5.82 Å². The van der Waals surface area contributed by atoms with Gasteiger partial charge in [0.15, 0.2) is 0 Å². The molecule has 0 saturated carbocycles. The summed E-state index contributed by atoms with van der Waals surface area (Å²) >= 11 is 0. The van der Waals surface area contributed by atoms with Crippen molar-refractivity contribution in [2.45, 2.75) is 6.04 Å². The molecule has 0 amide bonds. The molecule has 0 spiro atoms. The highest BCUT2D eigenvalue weighted by molar-refractivity contribution is 5.88. The van der Waals surface area contributed by atoms with Crippen molar-refractivity contribution in [3.63, 3.8) is 0 Å². The summed E-state index contributed by atoms with van der Waals surface area (Å²) in [5.41, 5.74) is 2.22. The van der Waals surface area contributed by atoms with Gasteiger partial charge >= 0.3 is 11.6 Å². The minimum atomic E-state index is -0.446. The zero-order valence-electron chi connectivity index (χ0n) is 21.3. The Hall–Kier alpha value is -4.82. The third kappa shape index (κ3) is 5.02. The summed E-state index contributed by atoms with van der Waals surface area (Å²) in [4.78, 5) is 24.7. The second-order valence-electron chi connectivity index (χ2n) is 9.43. The fourth-order valence-corrected chi connectivity index (χ4v) is 5.29. The molecule has 8 nitrogen and oxygen atoms in total. The quantitative estimate of drug-likeness (QED) is 0.187. The summed E-state index contributed by atoms with van der Waals surface area (Å²) < 4.78 is 6.06. The molecule has 4 aromatic carbocycles. The largest absolute Gasteiger partial charge is 0.433 e. The summed E-state index contributed by atoms with van der Waals surface area (Å²) in [5, 5.41) is 14.1. The lowest BCUT2D eigenvalue weighted by Gasteiger charge is -2.40. The van der Waals surface area contributed by atoms with Crippen LogP contribution in [0.1, 0.15) is 17.2 Å². The Balaban J connectivity index is 1.27. The van der Waals surface area contributed by atoms with Crippen molar-refractivity contribution in [2.24, 2.45) is 0 Å². The Bertz CT molecular complexity index is 1540. The molecule has 2 heterocycles. The van der Waals surface area contributed by atoms with E-state index in [2.05, 4.69) is 63.4 Å². The van der Waals surface area contributed by atoms with Gasteiger partial charge in [0.25, 0.3) is 0 Å². The van der Waals surface area contributed by atoms with Crippen molar-refractivity contribution in [1.82, 2.24) is 14.9 Å². The Morgan fingerprint density at radius 1 is 0.744 bits per heavy atom. The van der Waals surface area contributed by atoms with Crippen LogP contribution in [0.15, 0.2) is 109 Å². The van der Waals surface area contributed by atoms with Crippen LogP contribution in [-0.2, 0) is 0 Å². The van der Waals surface area contributed by atoms with Crippen LogP contribution in [0.3, 0.4) is 0 Å². The highest BCUT2D eigenvalue weighted by atomic mass is 16.6. The molecule has 194 valence electrons. The molecule has 0 N–H and O–H groups in total. The van der Waals surface area contributed by atoms with Crippen LogP contribution in [-0.4, -0.2) is 46.0 Å². The fourth-order valence-electron chi connectivity index (χ4n) is 5.29. The lowest BCUT2D eigenvalue weighted by atomic mass is 9.96. The van der Waals surface area contributed by atoms with Crippen LogP contribution in [0.4, 0.5) is 11.5 Å². The van der Waals surface area contributed by atoms with Gasteiger partial charge in [0.05, 0.1) is 11.0 Å². The predicted molar refractivity (Wildman–Crippen MR) is 151 cm³/mol. The highest BCUT2D eigenvalue weighted by Gasteiger charge is 2.33. The van der Waals surface area contributed by atoms with E-state index < -0.39 is 4.92 Å². The van der Waals surface area contributed by atoms with Crippen LogP contribution in [0.5, 0.6) is 11.6 Å². The van der Waals surface area contributed by atoms with E-state index in [4.69, 9.17) is 4.74 Å². The number of nitro groups is 1. The van der Waals surface area contributed by atoms with Gasteiger partial charge in [0, 0.05) is 31.6 Å². The number of hydrogen-bond acceptors (Lipinski definition) is 7. The van der Waals surface area contributed by atoms with E-state index in [-0.39, 0.29) is 23.4 Å². The molecule has 0 bridgehead atoms. The molecule has 1 aliphatic rings. The van der Waals surface area contributed by atoms with E-state index in [9.17, 15) is 10.1 Å². The second-order valence-corrected chi connectivity index (χ2v) is 9.43. The zero-order valence-corrected chi connectivity index (χ0v) is 21.3. The van der Waals surface area contributed by atoms with E-state index in [1.54, 1.807) is 6.07 Å². The first kappa shape index (κ1) is 24.5. The van der Waals surface area contributed by atoms with E-state index in [1.807, 2.05) is 53.4 Å². The lowest BCUT2D eigenvalue weighted by molar-refractivity contribution is -0.385. The number of piperazine rings is 1. The Morgan fingerprint density at radius 3 is 2.03 bits per heavy atom. The normalized spacial score (nSPS) is 14.0. The zero-order chi connectivity index (χ0) is 26.6. The van der Waals surface area contributed by atoms with Gasteiger partial charge in [-0.1, -0.05) is 97.1 Å². The van der Waals surface area contributed by atoms with Crippen molar-refractivity contribution in [3.8, 4) is 11.6 Å². The molecule has 1 aromatic heterocycles. The maximum atomic E-state index is 12.3. The van der Waals surface area contributed by atoms with Crippen LogP contribution in [0.2, 0.25) is 0 Å². The van der Waals surface area contributed by atoms with Crippen molar-refractivity contribution in [2.75, 3.05) is 31.1 Å². The molecule has 8 heteroatoms. The Kier molecular flexibility index (Phi) is 6.84. The van der Waals surface area contributed by atoms with Crippen LogP contribution < -0.4 is 9.64 Å². The van der Waals surface area contributed by atoms with Crippen molar-refractivity contribution in [1.29, 1.82) is 0 Å². The summed E-state index contributed by atoms with van der Waals surface area (Å²) in [6, 6.07) is 34.3. The first-order valence-electron chi connectivity index (χ1n) is 12.9. The van der Waals surface area contributed by atoms with Crippen molar-refractivity contribution >= 4 is 22.3 Å². The number of fused-ring (bicyclic) bond motifs is 1. The topological polar surface area (TPSA) is 84.6 Å². The van der Waals surface area contributed by atoms with Crippen LogP contribution >= 0.6 is 0 Å². The van der Waals surface area contributed by atoms with Gasteiger partial charge in [0.1, 0.15) is 12.1 Å². The molecular formula is C31H27N5O3. The SMILES string of the molecule is O=[N+]([O-])c1c(Oc2cccc3ccccc23)ncnc1N1CCN(C(c2ccccc2)c2ccccc2)CC1. The molecule has 0 radical (unpaired) electrons. The summed E-state index contributed by atoms with van der Waals surface area (Å²) in [6.45, 7) is 2.60. The number of ether oxygens (including phenoxy) is 1.